The average molecular weight is 358 g/mol. The van der Waals surface area contributed by atoms with Gasteiger partial charge in [-0.1, -0.05) is 25.4 Å². The number of benzene rings is 1. The second-order valence-corrected chi connectivity index (χ2v) is 6.27. The molecule has 2 heterocycles. The van der Waals surface area contributed by atoms with E-state index in [4.69, 9.17) is 11.6 Å². The number of anilines is 1. The highest BCUT2D eigenvalue weighted by molar-refractivity contribution is 6.34. The van der Waals surface area contributed by atoms with Crippen LogP contribution in [0.1, 0.15) is 30.0 Å². The van der Waals surface area contributed by atoms with Gasteiger partial charge in [0.25, 0.3) is 5.91 Å². The molecule has 1 N–H and O–H groups in total. The fraction of sp³-hybridized carbons (Fsp3) is 0.250. The molecule has 0 unspecified atom stereocenters. The Kier molecular flexibility index (Phi) is 4.99. The number of rotatable bonds is 5. The molecule has 0 aliphatic heterocycles. The molecule has 25 heavy (non-hydrogen) atoms. The Balaban J connectivity index is 1.73. The summed E-state index contributed by atoms with van der Waals surface area (Å²) in [4.78, 5) is 20.9. The quantitative estimate of drug-likeness (QED) is 0.753. The van der Waals surface area contributed by atoms with Crippen molar-refractivity contribution in [3.05, 3.63) is 53.3 Å². The molecule has 0 bridgehead atoms. The first-order valence-electron chi connectivity index (χ1n) is 7.68. The van der Waals surface area contributed by atoms with E-state index in [1.165, 1.54) is 11.0 Å². The van der Waals surface area contributed by atoms with Crippen molar-refractivity contribution in [2.75, 3.05) is 5.32 Å². The van der Waals surface area contributed by atoms with Gasteiger partial charge in [0.2, 0.25) is 0 Å². The number of tetrazole rings is 1. The molecule has 3 aromatic rings. The monoisotopic (exact) mass is 357 g/mol. The van der Waals surface area contributed by atoms with E-state index in [1.807, 2.05) is 0 Å². The number of halogens is 1. The second kappa shape index (κ2) is 7.35. The van der Waals surface area contributed by atoms with Crippen LogP contribution in [-0.4, -0.2) is 36.1 Å². The zero-order valence-electron chi connectivity index (χ0n) is 13.7. The van der Waals surface area contributed by atoms with Gasteiger partial charge < -0.3 is 5.32 Å². The fourth-order valence-corrected chi connectivity index (χ4v) is 2.46. The molecule has 2 aromatic heterocycles. The van der Waals surface area contributed by atoms with E-state index < -0.39 is 0 Å². The molecular formula is C16H16ClN7O. The summed E-state index contributed by atoms with van der Waals surface area (Å²) in [7, 11) is 0. The summed E-state index contributed by atoms with van der Waals surface area (Å²) in [6.07, 6.45) is 5.41. The standard InChI is InChI=1S/C16H16ClN7O/c1-10(2)5-15-18-7-11(8-19-15)21-16(25)13-4-3-12(6-14(13)17)24-9-20-22-23-24/h3-4,6-10H,5H2,1-2H3,(H,21,25). The van der Waals surface area contributed by atoms with Crippen LogP contribution in [0.4, 0.5) is 5.69 Å². The predicted octanol–water partition coefficient (Wildman–Crippen LogP) is 2.56. The van der Waals surface area contributed by atoms with E-state index in [0.717, 1.165) is 12.2 Å². The predicted molar refractivity (Wildman–Crippen MR) is 92.7 cm³/mol. The minimum atomic E-state index is -0.339. The minimum absolute atomic E-state index is 0.294. The van der Waals surface area contributed by atoms with E-state index in [9.17, 15) is 4.79 Å². The van der Waals surface area contributed by atoms with Gasteiger partial charge in [-0.05, 0) is 34.5 Å². The molecule has 3 rings (SSSR count). The van der Waals surface area contributed by atoms with Crippen molar-refractivity contribution >= 4 is 23.2 Å². The molecule has 0 radical (unpaired) electrons. The first kappa shape index (κ1) is 17.0. The van der Waals surface area contributed by atoms with Crippen LogP contribution in [0.3, 0.4) is 0 Å². The van der Waals surface area contributed by atoms with Crippen LogP contribution in [0.15, 0.2) is 36.9 Å². The summed E-state index contributed by atoms with van der Waals surface area (Å²) in [6.45, 7) is 4.19. The third kappa shape index (κ3) is 4.16. The summed E-state index contributed by atoms with van der Waals surface area (Å²) < 4.78 is 1.45. The van der Waals surface area contributed by atoms with Gasteiger partial charge >= 0.3 is 0 Å². The van der Waals surface area contributed by atoms with Crippen LogP contribution in [-0.2, 0) is 6.42 Å². The highest BCUT2D eigenvalue weighted by Gasteiger charge is 2.13. The maximum Gasteiger partial charge on any atom is 0.257 e. The number of carbonyl (C=O) groups is 1. The Morgan fingerprint density at radius 3 is 2.64 bits per heavy atom. The lowest BCUT2D eigenvalue weighted by molar-refractivity contribution is 0.102. The van der Waals surface area contributed by atoms with E-state index >= 15 is 0 Å². The number of amides is 1. The Morgan fingerprint density at radius 2 is 2.04 bits per heavy atom. The Hall–Kier alpha value is -2.87. The van der Waals surface area contributed by atoms with E-state index in [0.29, 0.717) is 27.9 Å². The summed E-state index contributed by atoms with van der Waals surface area (Å²) in [5.74, 6) is 0.878. The molecule has 128 valence electrons. The van der Waals surface area contributed by atoms with Crippen molar-refractivity contribution < 1.29 is 4.79 Å². The molecule has 1 aromatic carbocycles. The van der Waals surface area contributed by atoms with Crippen LogP contribution < -0.4 is 5.32 Å². The number of nitrogens with zero attached hydrogens (tertiary/aromatic N) is 6. The van der Waals surface area contributed by atoms with Gasteiger partial charge in [0.05, 0.1) is 34.4 Å². The van der Waals surface area contributed by atoms with Crippen LogP contribution in [0.25, 0.3) is 5.69 Å². The Labute approximate surface area is 149 Å². The summed E-state index contributed by atoms with van der Waals surface area (Å²) in [5.41, 5.74) is 1.51. The number of hydrogen-bond acceptors (Lipinski definition) is 6. The second-order valence-electron chi connectivity index (χ2n) is 5.86. The van der Waals surface area contributed by atoms with Crippen molar-refractivity contribution in [1.82, 2.24) is 30.2 Å². The molecule has 0 saturated carbocycles. The SMILES string of the molecule is CC(C)Cc1ncc(NC(=O)c2ccc(-n3cnnn3)cc2Cl)cn1. The fourth-order valence-electron chi connectivity index (χ4n) is 2.20. The summed E-state index contributed by atoms with van der Waals surface area (Å²) in [5, 5.41) is 13.9. The number of aromatic nitrogens is 6. The first-order chi connectivity index (χ1) is 12.0. The third-order valence-corrected chi connectivity index (χ3v) is 3.68. The molecule has 0 aliphatic rings. The Morgan fingerprint density at radius 1 is 1.28 bits per heavy atom. The van der Waals surface area contributed by atoms with Gasteiger partial charge in [0, 0.05) is 6.42 Å². The van der Waals surface area contributed by atoms with Crippen molar-refractivity contribution in [3.8, 4) is 5.69 Å². The molecule has 0 atom stereocenters. The van der Waals surface area contributed by atoms with Gasteiger partial charge in [-0.3, -0.25) is 4.79 Å². The van der Waals surface area contributed by atoms with Gasteiger partial charge in [0.15, 0.2) is 0 Å². The van der Waals surface area contributed by atoms with Crippen LogP contribution in [0.2, 0.25) is 5.02 Å². The lowest BCUT2D eigenvalue weighted by Crippen LogP contribution is -2.13. The number of hydrogen-bond donors (Lipinski definition) is 1. The van der Waals surface area contributed by atoms with Gasteiger partial charge in [0.1, 0.15) is 12.2 Å². The van der Waals surface area contributed by atoms with Gasteiger partial charge in [-0.25, -0.2) is 14.6 Å². The van der Waals surface area contributed by atoms with Gasteiger partial charge in [-0.15, -0.1) is 5.10 Å². The van der Waals surface area contributed by atoms with Crippen LogP contribution in [0, 0.1) is 5.92 Å². The first-order valence-corrected chi connectivity index (χ1v) is 8.06. The molecular weight excluding hydrogens is 342 g/mol. The summed E-state index contributed by atoms with van der Waals surface area (Å²) in [6, 6.07) is 4.94. The maximum absolute atomic E-state index is 12.4. The van der Waals surface area contributed by atoms with Crippen molar-refractivity contribution in [2.45, 2.75) is 20.3 Å². The van der Waals surface area contributed by atoms with E-state index in [2.05, 4.69) is 44.7 Å². The van der Waals surface area contributed by atoms with Crippen molar-refractivity contribution in [1.29, 1.82) is 0 Å². The molecule has 8 nitrogen and oxygen atoms in total. The van der Waals surface area contributed by atoms with Crippen LogP contribution in [0.5, 0.6) is 0 Å². The maximum atomic E-state index is 12.4. The topological polar surface area (TPSA) is 98.5 Å². The highest BCUT2D eigenvalue weighted by Crippen LogP contribution is 2.21. The number of carbonyl (C=O) groups excluding carboxylic acids is 1. The third-order valence-electron chi connectivity index (χ3n) is 3.36. The lowest BCUT2D eigenvalue weighted by Gasteiger charge is -2.09. The van der Waals surface area contributed by atoms with Crippen LogP contribution >= 0.6 is 11.6 Å². The normalized spacial score (nSPS) is 10.9. The summed E-state index contributed by atoms with van der Waals surface area (Å²) >= 11 is 6.22. The highest BCUT2D eigenvalue weighted by atomic mass is 35.5. The smallest absolute Gasteiger partial charge is 0.257 e. The largest absolute Gasteiger partial charge is 0.319 e. The minimum Gasteiger partial charge on any atom is -0.319 e. The molecule has 0 saturated heterocycles. The van der Waals surface area contributed by atoms with E-state index in [-0.39, 0.29) is 5.91 Å². The zero-order valence-corrected chi connectivity index (χ0v) is 14.5. The lowest BCUT2D eigenvalue weighted by atomic mass is 10.1. The number of nitrogens with one attached hydrogen (secondary N) is 1. The van der Waals surface area contributed by atoms with Crippen molar-refractivity contribution in [3.63, 3.8) is 0 Å². The van der Waals surface area contributed by atoms with Crippen molar-refractivity contribution in [2.24, 2.45) is 5.92 Å². The Bertz CT molecular complexity index is 863. The molecule has 1 amide bonds. The van der Waals surface area contributed by atoms with E-state index in [1.54, 1.807) is 30.6 Å². The van der Waals surface area contributed by atoms with Gasteiger partial charge in [-0.2, -0.15) is 0 Å². The molecule has 0 fully saturated rings. The molecule has 9 heteroatoms. The average Bonchev–Trinajstić information content (AvgIpc) is 3.10. The molecule has 0 aliphatic carbocycles. The zero-order chi connectivity index (χ0) is 17.8. The molecule has 0 spiro atoms.